The second-order valence-corrected chi connectivity index (χ2v) is 9.00. The van der Waals surface area contributed by atoms with E-state index in [1.807, 2.05) is 41.3 Å². The maximum atomic E-state index is 13.7. The van der Waals surface area contributed by atoms with Gasteiger partial charge in [-0.05, 0) is 37.1 Å². The van der Waals surface area contributed by atoms with Gasteiger partial charge in [0.25, 0.3) is 0 Å². The van der Waals surface area contributed by atoms with Crippen LogP contribution in [0.1, 0.15) is 12.8 Å². The number of urea groups is 1. The molecule has 34 heavy (non-hydrogen) atoms. The van der Waals surface area contributed by atoms with Gasteiger partial charge >= 0.3 is 6.03 Å². The summed E-state index contributed by atoms with van der Waals surface area (Å²) in [6, 6.07) is 12.8. The number of aromatic nitrogens is 2. The Hall–Kier alpha value is -3.75. The molecule has 0 unspecified atom stereocenters. The SMILES string of the molecule is O=C(Nc1cncc(F)c1)N1c2nc(-c3cccc(N4CC[C@H](F)C4)c3)ccc2N2CC[C@H]1C2. The Morgan fingerprint density at radius 2 is 1.91 bits per heavy atom. The van der Waals surface area contributed by atoms with Crippen LogP contribution in [-0.4, -0.2) is 54.4 Å². The van der Waals surface area contributed by atoms with Crippen molar-refractivity contribution in [1.29, 1.82) is 0 Å². The second-order valence-electron chi connectivity index (χ2n) is 9.00. The molecule has 2 amide bonds. The van der Waals surface area contributed by atoms with Gasteiger partial charge in [0.05, 0.1) is 35.5 Å². The van der Waals surface area contributed by atoms with Crippen LogP contribution in [0.5, 0.6) is 0 Å². The van der Waals surface area contributed by atoms with Crippen LogP contribution in [0, 0.1) is 5.82 Å². The third-order valence-corrected chi connectivity index (χ3v) is 6.76. The molecule has 3 aromatic rings. The minimum Gasteiger partial charge on any atom is -0.368 e. The molecule has 5 heterocycles. The Morgan fingerprint density at radius 1 is 1.03 bits per heavy atom. The lowest BCUT2D eigenvalue weighted by Gasteiger charge is -2.36. The zero-order valence-corrected chi connectivity index (χ0v) is 18.5. The maximum Gasteiger partial charge on any atom is 0.327 e. The molecule has 3 aliphatic rings. The number of alkyl halides is 1. The van der Waals surface area contributed by atoms with Gasteiger partial charge in [0, 0.05) is 43.5 Å². The van der Waals surface area contributed by atoms with E-state index in [1.54, 1.807) is 4.90 Å². The van der Waals surface area contributed by atoms with Gasteiger partial charge < -0.3 is 15.1 Å². The van der Waals surface area contributed by atoms with Crippen molar-refractivity contribution < 1.29 is 13.6 Å². The van der Waals surface area contributed by atoms with Crippen molar-refractivity contribution in [2.24, 2.45) is 0 Å². The lowest BCUT2D eigenvalue weighted by molar-refractivity contribution is 0.255. The lowest BCUT2D eigenvalue weighted by Crippen LogP contribution is -2.48. The molecule has 0 radical (unpaired) electrons. The molecule has 1 aromatic carbocycles. The number of hydrogen-bond donors (Lipinski definition) is 1. The summed E-state index contributed by atoms with van der Waals surface area (Å²) in [4.78, 5) is 28.0. The molecule has 7 nitrogen and oxygen atoms in total. The Morgan fingerprint density at radius 3 is 2.74 bits per heavy atom. The van der Waals surface area contributed by atoms with Crippen molar-refractivity contribution in [2.45, 2.75) is 25.1 Å². The highest BCUT2D eigenvalue weighted by Crippen LogP contribution is 2.40. The summed E-state index contributed by atoms with van der Waals surface area (Å²) >= 11 is 0. The Labute approximate surface area is 196 Å². The van der Waals surface area contributed by atoms with Crippen LogP contribution in [0.3, 0.4) is 0 Å². The molecule has 0 saturated carbocycles. The fraction of sp³-hybridized carbons (Fsp3) is 0.320. The maximum absolute atomic E-state index is 13.7. The minimum atomic E-state index is -0.796. The van der Waals surface area contributed by atoms with Crippen LogP contribution in [-0.2, 0) is 0 Å². The molecule has 6 rings (SSSR count). The number of nitrogens with one attached hydrogen (secondary N) is 1. The van der Waals surface area contributed by atoms with E-state index in [1.165, 1.54) is 12.3 Å². The number of halogens is 2. The number of hydrogen-bond acceptors (Lipinski definition) is 5. The molecular formula is C25H24F2N6O. The first-order chi connectivity index (χ1) is 16.5. The van der Waals surface area contributed by atoms with Gasteiger partial charge in [-0.15, -0.1) is 0 Å². The third-order valence-electron chi connectivity index (χ3n) is 6.76. The van der Waals surface area contributed by atoms with Crippen LogP contribution in [0.15, 0.2) is 54.9 Å². The van der Waals surface area contributed by atoms with Gasteiger partial charge in [-0.25, -0.2) is 18.6 Å². The van der Waals surface area contributed by atoms with Crippen LogP contribution in [0.2, 0.25) is 0 Å². The zero-order chi connectivity index (χ0) is 23.2. The summed E-state index contributed by atoms with van der Waals surface area (Å²) in [5.74, 6) is 0.0739. The summed E-state index contributed by atoms with van der Waals surface area (Å²) in [5, 5.41) is 2.77. The Kier molecular flexibility index (Phi) is 5.04. The van der Waals surface area contributed by atoms with Crippen LogP contribution < -0.4 is 20.0 Å². The van der Waals surface area contributed by atoms with E-state index in [2.05, 4.69) is 15.2 Å². The largest absolute Gasteiger partial charge is 0.368 e. The number of benzene rings is 1. The molecule has 174 valence electrons. The summed E-state index contributed by atoms with van der Waals surface area (Å²) < 4.78 is 27.3. The van der Waals surface area contributed by atoms with E-state index in [-0.39, 0.29) is 12.1 Å². The van der Waals surface area contributed by atoms with Crippen LogP contribution >= 0.6 is 0 Å². The Bertz CT molecular complexity index is 1250. The van der Waals surface area contributed by atoms with E-state index in [0.717, 1.165) is 48.3 Å². The van der Waals surface area contributed by atoms with E-state index in [0.29, 0.717) is 31.0 Å². The molecule has 1 N–H and O–H groups in total. The fourth-order valence-electron chi connectivity index (χ4n) is 5.11. The standard InChI is InChI=1S/C25H24F2N6O/c26-17-6-8-31(14-17)20-3-1-2-16(10-20)22-4-5-23-24(30-22)33(21-7-9-32(23)15-21)25(34)29-19-11-18(27)12-28-13-19/h1-5,10-13,17,21H,6-9,14-15H2,(H,29,34)/t17-,21-/m0/s1. The number of anilines is 4. The van der Waals surface area contributed by atoms with Gasteiger partial charge in [0.15, 0.2) is 5.82 Å². The highest BCUT2D eigenvalue weighted by molar-refractivity contribution is 6.04. The van der Waals surface area contributed by atoms with E-state index in [4.69, 9.17) is 4.98 Å². The topological polar surface area (TPSA) is 64.6 Å². The van der Waals surface area contributed by atoms with Gasteiger partial charge in [-0.1, -0.05) is 12.1 Å². The monoisotopic (exact) mass is 462 g/mol. The van der Waals surface area contributed by atoms with Crippen LogP contribution in [0.4, 0.5) is 36.5 Å². The van der Waals surface area contributed by atoms with Crippen molar-refractivity contribution in [2.75, 3.05) is 46.2 Å². The number of fused-ring (bicyclic) bond motifs is 4. The quantitative estimate of drug-likeness (QED) is 0.623. The lowest BCUT2D eigenvalue weighted by atomic mass is 10.1. The van der Waals surface area contributed by atoms with Crippen LogP contribution in [0.25, 0.3) is 11.3 Å². The average molecular weight is 463 g/mol. The number of rotatable bonds is 3. The van der Waals surface area contributed by atoms with Crippen molar-refractivity contribution in [3.63, 3.8) is 0 Å². The van der Waals surface area contributed by atoms with Crippen molar-refractivity contribution in [3.05, 3.63) is 60.7 Å². The van der Waals surface area contributed by atoms with Gasteiger partial charge in [0.2, 0.25) is 0 Å². The fourth-order valence-corrected chi connectivity index (χ4v) is 5.11. The highest BCUT2D eigenvalue weighted by atomic mass is 19.1. The van der Waals surface area contributed by atoms with E-state index < -0.39 is 12.0 Å². The first kappa shape index (κ1) is 20.8. The molecule has 0 aliphatic carbocycles. The first-order valence-electron chi connectivity index (χ1n) is 11.5. The normalized spacial score (nSPS) is 21.1. The molecule has 2 saturated heterocycles. The smallest absolute Gasteiger partial charge is 0.327 e. The minimum absolute atomic E-state index is 0.0193. The predicted octanol–water partition coefficient (Wildman–Crippen LogP) is 4.46. The highest BCUT2D eigenvalue weighted by Gasteiger charge is 2.40. The van der Waals surface area contributed by atoms with Crippen molar-refractivity contribution in [3.8, 4) is 11.3 Å². The van der Waals surface area contributed by atoms with Gasteiger partial charge in [-0.2, -0.15) is 0 Å². The van der Waals surface area contributed by atoms with E-state index >= 15 is 0 Å². The zero-order valence-electron chi connectivity index (χ0n) is 18.5. The first-order valence-corrected chi connectivity index (χ1v) is 11.5. The molecule has 9 heteroatoms. The van der Waals surface area contributed by atoms with Crippen molar-refractivity contribution in [1.82, 2.24) is 9.97 Å². The summed E-state index contributed by atoms with van der Waals surface area (Å²) in [6.45, 7) is 2.68. The number of amides is 2. The summed E-state index contributed by atoms with van der Waals surface area (Å²) in [7, 11) is 0. The molecule has 0 spiro atoms. The number of nitrogens with zero attached hydrogens (tertiary/aromatic N) is 5. The summed E-state index contributed by atoms with van der Waals surface area (Å²) in [5.41, 5.74) is 3.82. The van der Waals surface area contributed by atoms with Gasteiger partial charge in [-0.3, -0.25) is 9.88 Å². The molecule has 2 atom stereocenters. The molecular weight excluding hydrogens is 438 g/mol. The molecule has 2 bridgehead atoms. The molecule has 2 aromatic heterocycles. The Balaban J connectivity index is 1.34. The van der Waals surface area contributed by atoms with E-state index in [9.17, 15) is 13.6 Å². The second kappa shape index (κ2) is 8.23. The van der Waals surface area contributed by atoms with Gasteiger partial charge in [0.1, 0.15) is 12.0 Å². The average Bonchev–Trinajstić information content (AvgIpc) is 3.46. The number of carbonyl (C=O) groups is 1. The number of pyridine rings is 2. The molecule has 2 fully saturated rings. The molecule has 3 aliphatic heterocycles. The van der Waals surface area contributed by atoms with Crippen molar-refractivity contribution >= 4 is 28.9 Å². The summed E-state index contributed by atoms with van der Waals surface area (Å²) in [6.07, 6.45) is 3.09. The third kappa shape index (κ3) is 3.70. The number of carbonyl (C=O) groups excluding carboxylic acids is 1. The predicted molar refractivity (Wildman–Crippen MR) is 128 cm³/mol.